The van der Waals surface area contributed by atoms with Crippen molar-refractivity contribution in [3.8, 4) is 0 Å². The van der Waals surface area contributed by atoms with Gasteiger partial charge in [0.1, 0.15) is 0 Å². The molecule has 0 radical (unpaired) electrons. The highest BCUT2D eigenvalue weighted by molar-refractivity contribution is 7.47. The third-order valence-corrected chi connectivity index (χ3v) is 3.95. The molecule has 2 N–H and O–H groups in total. The molecule has 7 nitrogen and oxygen atoms in total. The van der Waals surface area contributed by atoms with Crippen molar-refractivity contribution in [2.45, 2.75) is 12.8 Å². The number of carbonyl (C=O) groups excluding carboxylic acids is 1. The predicted molar refractivity (Wildman–Crippen MR) is 66.0 cm³/mol. The molecule has 1 atom stereocenters. The Morgan fingerprint density at radius 3 is 2.67 bits per heavy atom. The average Bonchev–Trinajstić information content (AvgIpc) is 2.35. The van der Waals surface area contributed by atoms with E-state index in [1.54, 1.807) is 0 Å². The first kappa shape index (κ1) is 15.6. The van der Waals surface area contributed by atoms with E-state index in [-0.39, 0.29) is 25.0 Å². The van der Waals surface area contributed by atoms with Crippen molar-refractivity contribution < 1.29 is 23.3 Å². The number of likely N-dealkylation sites (tertiary alicyclic amines) is 1. The minimum absolute atomic E-state index is 0.0168. The Morgan fingerprint density at radius 1 is 1.50 bits per heavy atom. The third kappa shape index (κ3) is 5.46. The summed E-state index contributed by atoms with van der Waals surface area (Å²) in [7, 11) is -0.803. The number of phosphoric ester groups is 1. The largest absolute Gasteiger partial charge is 0.471 e. The van der Waals surface area contributed by atoms with E-state index in [0.717, 1.165) is 33.0 Å². The monoisotopic (exact) mass is 280 g/mol. The van der Waals surface area contributed by atoms with Gasteiger partial charge in [0.25, 0.3) is 0 Å². The van der Waals surface area contributed by atoms with Gasteiger partial charge in [0, 0.05) is 19.6 Å². The Hall–Kier alpha value is -0.460. The number of phosphoric acid groups is 1. The molecule has 0 aromatic carbocycles. The lowest BCUT2D eigenvalue weighted by atomic mass is 9.96. The lowest BCUT2D eigenvalue weighted by molar-refractivity contribution is -0.126. The van der Waals surface area contributed by atoms with Gasteiger partial charge >= 0.3 is 7.82 Å². The summed E-state index contributed by atoms with van der Waals surface area (Å²) in [6.45, 7) is 2.01. The molecule has 8 heteroatoms. The van der Waals surface area contributed by atoms with E-state index in [1.807, 2.05) is 7.05 Å². The molecule has 0 bridgehead atoms. The van der Waals surface area contributed by atoms with Crippen molar-refractivity contribution in [3.63, 3.8) is 0 Å². The zero-order valence-corrected chi connectivity index (χ0v) is 11.7. The molecule has 0 aromatic heterocycles. The second-order valence-corrected chi connectivity index (χ2v) is 5.91. The molecular formula is C10H21N2O5P. The van der Waals surface area contributed by atoms with Crippen molar-refractivity contribution in [1.29, 1.82) is 0 Å². The van der Waals surface area contributed by atoms with Gasteiger partial charge in [-0.15, -0.1) is 0 Å². The molecule has 1 fully saturated rings. The summed E-state index contributed by atoms with van der Waals surface area (Å²) in [4.78, 5) is 22.9. The first-order valence-corrected chi connectivity index (χ1v) is 7.43. The number of rotatable bonds is 6. The van der Waals surface area contributed by atoms with Gasteiger partial charge < -0.3 is 15.1 Å². The molecule has 1 unspecified atom stereocenters. The second-order valence-electron chi connectivity index (χ2n) is 4.35. The number of carbonyl (C=O) groups is 1. The van der Waals surface area contributed by atoms with Crippen LogP contribution >= 0.6 is 7.82 Å². The fraction of sp³-hybridized carbons (Fsp3) is 0.900. The number of hydrogen-bond acceptors (Lipinski definition) is 5. The normalized spacial score (nSPS) is 21.5. The molecule has 1 aliphatic heterocycles. The van der Waals surface area contributed by atoms with E-state index >= 15 is 0 Å². The molecular weight excluding hydrogens is 259 g/mol. The molecule has 0 saturated carbocycles. The van der Waals surface area contributed by atoms with Gasteiger partial charge in [0.2, 0.25) is 5.91 Å². The van der Waals surface area contributed by atoms with Crippen molar-refractivity contribution in [3.05, 3.63) is 0 Å². The van der Waals surface area contributed by atoms with Crippen molar-refractivity contribution in [2.24, 2.45) is 5.92 Å². The highest BCUT2D eigenvalue weighted by atomic mass is 31.2. The molecule has 0 aromatic rings. The number of nitrogens with one attached hydrogen (secondary N) is 1. The van der Waals surface area contributed by atoms with Crippen LogP contribution in [-0.2, 0) is 18.4 Å². The standard InChI is InChI=1S/C10H21N2O5P/c1-12-6-3-9(4-7-12)10(13)11-5-8-17-18(14,15)16-2/h9H,3-8H2,1-2H3,(H,11,13)(H,14,15). The second kappa shape index (κ2) is 7.21. The van der Waals surface area contributed by atoms with Crippen LogP contribution in [0.1, 0.15) is 12.8 Å². The van der Waals surface area contributed by atoms with Gasteiger partial charge in [-0.25, -0.2) is 4.57 Å². The van der Waals surface area contributed by atoms with Crippen LogP contribution < -0.4 is 5.32 Å². The van der Waals surface area contributed by atoms with Crippen molar-refractivity contribution >= 4 is 13.7 Å². The SMILES string of the molecule is COP(=O)(O)OCCNC(=O)C1CCN(C)CC1. The Kier molecular flexibility index (Phi) is 6.25. The van der Waals surface area contributed by atoms with Crippen LogP contribution in [0, 0.1) is 5.92 Å². The first-order chi connectivity index (χ1) is 8.44. The van der Waals surface area contributed by atoms with Gasteiger partial charge in [-0.1, -0.05) is 0 Å². The zero-order chi connectivity index (χ0) is 13.6. The Labute approximate surface area is 107 Å². The maximum atomic E-state index is 11.8. The van der Waals surface area contributed by atoms with E-state index in [0.29, 0.717) is 0 Å². The maximum absolute atomic E-state index is 11.8. The van der Waals surface area contributed by atoms with Crippen LogP contribution in [0.2, 0.25) is 0 Å². The summed E-state index contributed by atoms with van der Waals surface area (Å²) < 4.78 is 19.8. The molecule has 1 saturated heterocycles. The van der Waals surface area contributed by atoms with Crippen molar-refractivity contribution in [2.75, 3.05) is 40.4 Å². The zero-order valence-electron chi connectivity index (χ0n) is 10.8. The van der Waals surface area contributed by atoms with Gasteiger partial charge in [0.05, 0.1) is 6.61 Å². The molecule has 1 amide bonds. The van der Waals surface area contributed by atoms with Gasteiger partial charge in [-0.05, 0) is 33.0 Å². The summed E-state index contributed by atoms with van der Waals surface area (Å²) in [6.07, 6.45) is 1.69. The van der Waals surface area contributed by atoms with E-state index in [9.17, 15) is 9.36 Å². The predicted octanol–water partition coefficient (Wildman–Crippen LogP) is 0.208. The van der Waals surface area contributed by atoms with Crippen LogP contribution in [-0.4, -0.2) is 56.1 Å². The highest BCUT2D eigenvalue weighted by Crippen LogP contribution is 2.41. The minimum atomic E-state index is -3.93. The van der Waals surface area contributed by atoms with Crippen LogP contribution in [0.25, 0.3) is 0 Å². The van der Waals surface area contributed by atoms with Crippen LogP contribution in [0.5, 0.6) is 0 Å². The average molecular weight is 280 g/mol. The topological polar surface area (TPSA) is 88.1 Å². The third-order valence-electron chi connectivity index (χ3n) is 2.98. The van der Waals surface area contributed by atoms with Gasteiger partial charge in [0.15, 0.2) is 0 Å². The van der Waals surface area contributed by atoms with E-state index < -0.39 is 7.82 Å². The fourth-order valence-electron chi connectivity index (χ4n) is 1.80. The quantitative estimate of drug-likeness (QED) is 0.534. The van der Waals surface area contributed by atoms with E-state index in [1.165, 1.54) is 0 Å². The molecule has 1 aliphatic rings. The summed E-state index contributed by atoms with van der Waals surface area (Å²) in [5.74, 6) is 0.0152. The first-order valence-electron chi connectivity index (χ1n) is 5.94. The highest BCUT2D eigenvalue weighted by Gasteiger charge is 2.23. The summed E-state index contributed by atoms with van der Waals surface area (Å²) in [5.41, 5.74) is 0. The van der Waals surface area contributed by atoms with Crippen LogP contribution in [0.4, 0.5) is 0 Å². The summed E-state index contributed by atoms with van der Waals surface area (Å²) in [5, 5.41) is 2.69. The van der Waals surface area contributed by atoms with Gasteiger partial charge in [-0.2, -0.15) is 0 Å². The number of hydrogen-bond donors (Lipinski definition) is 2. The smallest absolute Gasteiger partial charge is 0.354 e. The maximum Gasteiger partial charge on any atom is 0.471 e. The lowest BCUT2D eigenvalue weighted by Gasteiger charge is -2.28. The minimum Gasteiger partial charge on any atom is -0.354 e. The fourth-order valence-corrected chi connectivity index (χ4v) is 2.23. The Balaban J connectivity index is 2.16. The molecule has 1 rings (SSSR count). The van der Waals surface area contributed by atoms with Crippen LogP contribution in [0.15, 0.2) is 0 Å². The Bertz CT molecular complexity index is 317. The van der Waals surface area contributed by atoms with Crippen molar-refractivity contribution in [1.82, 2.24) is 10.2 Å². The molecule has 1 heterocycles. The summed E-state index contributed by atoms with van der Waals surface area (Å²) >= 11 is 0. The Morgan fingerprint density at radius 2 is 2.11 bits per heavy atom. The number of nitrogens with zero attached hydrogens (tertiary/aromatic N) is 1. The van der Waals surface area contributed by atoms with Crippen LogP contribution in [0.3, 0.4) is 0 Å². The molecule has 0 spiro atoms. The number of amides is 1. The number of piperidine rings is 1. The molecule has 106 valence electrons. The molecule has 18 heavy (non-hydrogen) atoms. The summed E-state index contributed by atoms with van der Waals surface area (Å²) in [6, 6.07) is 0. The van der Waals surface area contributed by atoms with Gasteiger partial charge in [-0.3, -0.25) is 13.8 Å². The van der Waals surface area contributed by atoms with E-state index in [4.69, 9.17) is 4.89 Å². The molecule has 0 aliphatic carbocycles. The van der Waals surface area contributed by atoms with E-state index in [2.05, 4.69) is 19.3 Å². The lowest BCUT2D eigenvalue weighted by Crippen LogP contribution is -2.39.